The lowest BCUT2D eigenvalue weighted by molar-refractivity contribution is 0.406. The quantitative estimate of drug-likeness (QED) is 0.712. The maximum absolute atomic E-state index is 14.1. The van der Waals surface area contributed by atoms with E-state index in [0.717, 1.165) is 24.3 Å². The van der Waals surface area contributed by atoms with Crippen molar-refractivity contribution in [3.8, 4) is 22.7 Å². The van der Waals surface area contributed by atoms with E-state index >= 15 is 0 Å². The summed E-state index contributed by atoms with van der Waals surface area (Å²) in [5.41, 5.74) is 4.03. The van der Waals surface area contributed by atoms with Gasteiger partial charge in [0.15, 0.2) is 0 Å². The number of benzene rings is 2. The van der Waals surface area contributed by atoms with Crippen LogP contribution in [0.15, 0.2) is 42.6 Å². The zero-order valence-electron chi connectivity index (χ0n) is 14.9. The normalized spacial score (nSPS) is 14.0. The second kappa shape index (κ2) is 6.78. The number of hydrogen-bond donors (Lipinski definition) is 0. The first kappa shape index (κ1) is 16.6. The van der Waals surface area contributed by atoms with Crippen LogP contribution in [0.4, 0.5) is 10.1 Å². The van der Waals surface area contributed by atoms with E-state index in [9.17, 15) is 4.39 Å². The summed E-state index contributed by atoms with van der Waals surface area (Å²) in [5.74, 6) is 0.167. The van der Waals surface area contributed by atoms with E-state index in [4.69, 9.17) is 4.74 Å². The molecule has 4 rings (SSSR count). The highest BCUT2D eigenvalue weighted by molar-refractivity contribution is 5.65. The van der Waals surface area contributed by atoms with Gasteiger partial charge in [-0.2, -0.15) is 0 Å². The molecule has 0 spiro atoms. The van der Waals surface area contributed by atoms with E-state index in [0.29, 0.717) is 17.0 Å². The van der Waals surface area contributed by atoms with Crippen LogP contribution >= 0.6 is 0 Å². The van der Waals surface area contributed by atoms with Crippen molar-refractivity contribution in [3.05, 3.63) is 54.0 Å². The Balaban J connectivity index is 1.66. The highest BCUT2D eigenvalue weighted by atomic mass is 19.1. The fourth-order valence-corrected chi connectivity index (χ4v) is 3.34. The molecule has 1 aromatic heterocycles. The summed E-state index contributed by atoms with van der Waals surface area (Å²) in [6.07, 6.45) is 4.29. The highest BCUT2D eigenvalue weighted by Gasteiger charge is 2.14. The van der Waals surface area contributed by atoms with Crippen LogP contribution in [0.3, 0.4) is 0 Å². The number of aromatic nitrogens is 3. The van der Waals surface area contributed by atoms with Gasteiger partial charge in [-0.1, -0.05) is 17.3 Å². The number of hydrogen-bond acceptors (Lipinski definition) is 4. The minimum atomic E-state index is -0.326. The number of halogens is 1. The van der Waals surface area contributed by atoms with E-state index in [2.05, 4.69) is 27.3 Å². The molecule has 0 amide bonds. The number of rotatable bonds is 4. The molecule has 0 atom stereocenters. The van der Waals surface area contributed by atoms with E-state index in [1.807, 2.05) is 18.3 Å². The standard InChI is InChI=1S/C20H21FN4O/c1-14-18(21)11-17(12-20(14)26-2)25-13-19(22-23-25)15-6-5-7-16(10-15)24-8-3-4-9-24/h5-7,10-13H,3-4,8-9H2,1-2H3. The van der Waals surface area contributed by atoms with Gasteiger partial charge in [0, 0.05) is 42.0 Å². The van der Waals surface area contributed by atoms with Gasteiger partial charge in [-0.15, -0.1) is 5.10 Å². The summed E-state index contributed by atoms with van der Waals surface area (Å²) >= 11 is 0. The van der Waals surface area contributed by atoms with Gasteiger partial charge in [-0.3, -0.25) is 0 Å². The van der Waals surface area contributed by atoms with Gasteiger partial charge in [0.1, 0.15) is 17.3 Å². The molecule has 3 aromatic rings. The minimum Gasteiger partial charge on any atom is -0.496 e. The van der Waals surface area contributed by atoms with Crippen molar-refractivity contribution in [3.63, 3.8) is 0 Å². The fourth-order valence-electron chi connectivity index (χ4n) is 3.34. The predicted octanol–water partition coefficient (Wildman–Crippen LogP) is 3.99. The number of ether oxygens (including phenoxy) is 1. The van der Waals surface area contributed by atoms with Crippen molar-refractivity contribution in [2.75, 3.05) is 25.1 Å². The molecule has 0 N–H and O–H groups in total. The average molecular weight is 352 g/mol. The molecule has 1 aliphatic heterocycles. The molecule has 26 heavy (non-hydrogen) atoms. The van der Waals surface area contributed by atoms with Crippen molar-refractivity contribution in [2.24, 2.45) is 0 Å². The molecule has 1 fully saturated rings. The molecule has 6 heteroatoms. The highest BCUT2D eigenvalue weighted by Crippen LogP contribution is 2.28. The average Bonchev–Trinajstić information content (AvgIpc) is 3.36. The van der Waals surface area contributed by atoms with Crippen molar-refractivity contribution in [1.29, 1.82) is 0 Å². The summed E-state index contributed by atoms with van der Waals surface area (Å²) in [6.45, 7) is 3.88. The second-order valence-electron chi connectivity index (χ2n) is 6.55. The predicted molar refractivity (Wildman–Crippen MR) is 99.5 cm³/mol. The van der Waals surface area contributed by atoms with E-state index in [1.165, 1.54) is 31.7 Å². The van der Waals surface area contributed by atoms with Crippen molar-refractivity contribution in [2.45, 2.75) is 19.8 Å². The molecule has 0 aliphatic carbocycles. The SMILES string of the molecule is COc1cc(-n2cc(-c3cccc(N4CCCC4)c3)nn2)cc(F)c1C. The molecular weight excluding hydrogens is 331 g/mol. The van der Waals surface area contributed by atoms with Crippen LogP contribution in [0.25, 0.3) is 16.9 Å². The van der Waals surface area contributed by atoms with Crippen LogP contribution < -0.4 is 9.64 Å². The molecule has 0 unspecified atom stereocenters. The van der Waals surface area contributed by atoms with Crippen LogP contribution in [0.1, 0.15) is 18.4 Å². The Hall–Kier alpha value is -2.89. The summed E-state index contributed by atoms with van der Waals surface area (Å²) in [6, 6.07) is 11.5. The first-order valence-electron chi connectivity index (χ1n) is 8.78. The van der Waals surface area contributed by atoms with Crippen molar-refractivity contribution < 1.29 is 9.13 Å². The molecule has 0 radical (unpaired) electrons. The molecule has 2 aromatic carbocycles. The minimum absolute atomic E-state index is 0.326. The third-order valence-electron chi connectivity index (χ3n) is 4.87. The number of methoxy groups -OCH3 is 1. The topological polar surface area (TPSA) is 43.2 Å². The third-order valence-corrected chi connectivity index (χ3v) is 4.87. The Labute approximate surface area is 152 Å². The molecule has 2 heterocycles. The van der Waals surface area contributed by atoms with Gasteiger partial charge in [0.2, 0.25) is 0 Å². The molecule has 1 saturated heterocycles. The monoisotopic (exact) mass is 352 g/mol. The van der Waals surface area contributed by atoms with Gasteiger partial charge in [0.25, 0.3) is 0 Å². The van der Waals surface area contributed by atoms with Crippen molar-refractivity contribution in [1.82, 2.24) is 15.0 Å². The molecule has 5 nitrogen and oxygen atoms in total. The van der Waals surface area contributed by atoms with Crippen LogP contribution in [0.2, 0.25) is 0 Å². The van der Waals surface area contributed by atoms with Gasteiger partial charge in [0.05, 0.1) is 19.0 Å². The molecule has 134 valence electrons. The second-order valence-corrected chi connectivity index (χ2v) is 6.55. The number of anilines is 1. The lowest BCUT2D eigenvalue weighted by Gasteiger charge is -2.17. The Bertz CT molecular complexity index is 931. The lowest BCUT2D eigenvalue weighted by Crippen LogP contribution is -2.17. The van der Waals surface area contributed by atoms with Crippen LogP contribution in [0, 0.1) is 12.7 Å². The Morgan fingerprint density at radius 2 is 1.88 bits per heavy atom. The molecule has 1 aliphatic rings. The van der Waals surface area contributed by atoms with Gasteiger partial charge >= 0.3 is 0 Å². The first-order chi connectivity index (χ1) is 12.7. The van der Waals surface area contributed by atoms with E-state index in [-0.39, 0.29) is 5.82 Å². The zero-order chi connectivity index (χ0) is 18.1. The van der Waals surface area contributed by atoms with Gasteiger partial charge < -0.3 is 9.64 Å². The van der Waals surface area contributed by atoms with Gasteiger partial charge in [-0.25, -0.2) is 9.07 Å². The summed E-state index contributed by atoms with van der Waals surface area (Å²) < 4.78 is 20.9. The number of nitrogens with zero attached hydrogens (tertiary/aromatic N) is 4. The third kappa shape index (κ3) is 3.03. The maximum atomic E-state index is 14.1. The Kier molecular flexibility index (Phi) is 4.32. The Morgan fingerprint density at radius 1 is 1.08 bits per heavy atom. The fraction of sp³-hybridized carbons (Fsp3) is 0.300. The molecular formula is C20H21FN4O. The van der Waals surface area contributed by atoms with Gasteiger partial charge in [-0.05, 0) is 31.9 Å². The van der Waals surface area contributed by atoms with E-state index < -0.39 is 0 Å². The van der Waals surface area contributed by atoms with Crippen LogP contribution in [-0.2, 0) is 0 Å². The van der Waals surface area contributed by atoms with Crippen molar-refractivity contribution >= 4 is 5.69 Å². The lowest BCUT2D eigenvalue weighted by atomic mass is 10.1. The Morgan fingerprint density at radius 3 is 2.65 bits per heavy atom. The summed E-state index contributed by atoms with van der Waals surface area (Å²) in [4.78, 5) is 2.38. The molecule has 0 saturated carbocycles. The summed E-state index contributed by atoms with van der Waals surface area (Å²) in [5, 5.41) is 8.44. The van der Waals surface area contributed by atoms with Crippen LogP contribution in [0.5, 0.6) is 5.75 Å². The maximum Gasteiger partial charge on any atom is 0.131 e. The smallest absolute Gasteiger partial charge is 0.131 e. The summed E-state index contributed by atoms with van der Waals surface area (Å²) in [7, 11) is 1.53. The van der Waals surface area contributed by atoms with Crippen LogP contribution in [-0.4, -0.2) is 35.2 Å². The van der Waals surface area contributed by atoms with E-state index in [1.54, 1.807) is 17.7 Å². The first-order valence-corrected chi connectivity index (χ1v) is 8.78. The largest absolute Gasteiger partial charge is 0.496 e. The molecule has 0 bridgehead atoms. The zero-order valence-corrected chi connectivity index (χ0v) is 14.9.